The van der Waals surface area contributed by atoms with Crippen LogP contribution < -0.4 is 5.73 Å². The smallest absolute Gasteiger partial charge is 0.258 e. The predicted molar refractivity (Wildman–Crippen MR) is 73.8 cm³/mol. The molecule has 5 nitrogen and oxygen atoms in total. The zero-order chi connectivity index (χ0) is 14.1. The summed E-state index contributed by atoms with van der Waals surface area (Å²) in [5.74, 6) is 0.288. The molecular formula is C13H11FN4OS. The Labute approximate surface area is 118 Å². The number of aromatic nitrogens is 3. The fourth-order valence-electron chi connectivity index (χ4n) is 1.72. The van der Waals surface area contributed by atoms with E-state index in [-0.39, 0.29) is 11.6 Å². The number of rotatable bonds is 3. The van der Waals surface area contributed by atoms with Crippen LogP contribution in [0.5, 0.6) is 0 Å². The molecule has 102 valence electrons. The van der Waals surface area contributed by atoms with Crippen molar-refractivity contribution < 1.29 is 8.91 Å². The molecule has 0 atom stereocenters. The average molecular weight is 290 g/mol. The highest BCUT2D eigenvalue weighted by atomic mass is 32.1. The van der Waals surface area contributed by atoms with Gasteiger partial charge < -0.3 is 10.3 Å². The minimum Gasteiger partial charge on any atom is -0.396 e. The van der Waals surface area contributed by atoms with Gasteiger partial charge in [0, 0.05) is 16.6 Å². The molecule has 7 heteroatoms. The first-order valence-electron chi connectivity index (χ1n) is 5.91. The number of benzene rings is 1. The monoisotopic (exact) mass is 290 g/mol. The van der Waals surface area contributed by atoms with Gasteiger partial charge in [0.25, 0.3) is 5.89 Å². The zero-order valence-electron chi connectivity index (χ0n) is 10.6. The van der Waals surface area contributed by atoms with E-state index >= 15 is 0 Å². The van der Waals surface area contributed by atoms with Crippen molar-refractivity contribution in [1.82, 2.24) is 15.1 Å². The molecule has 0 saturated carbocycles. The highest BCUT2D eigenvalue weighted by Gasteiger charge is 2.12. The maximum absolute atomic E-state index is 13.4. The molecule has 0 aliphatic carbocycles. The lowest BCUT2D eigenvalue weighted by molar-refractivity contribution is 0.423. The van der Waals surface area contributed by atoms with Crippen LogP contribution >= 0.6 is 11.3 Å². The fourth-order valence-corrected chi connectivity index (χ4v) is 2.49. The van der Waals surface area contributed by atoms with Crippen molar-refractivity contribution in [1.29, 1.82) is 0 Å². The van der Waals surface area contributed by atoms with Crippen molar-refractivity contribution >= 4 is 17.0 Å². The standard InChI is InChI=1S/C13H11FN4OS/c1-7-6-20-12(16-7)5-11-17-13(19-18-11)8-2-3-10(15)9(14)4-8/h2-4,6H,5,15H2,1H3. The highest BCUT2D eigenvalue weighted by Crippen LogP contribution is 2.22. The van der Waals surface area contributed by atoms with Crippen LogP contribution in [0.2, 0.25) is 0 Å². The number of nitrogens with zero attached hydrogens (tertiary/aromatic N) is 3. The van der Waals surface area contributed by atoms with Gasteiger partial charge in [0.2, 0.25) is 0 Å². The van der Waals surface area contributed by atoms with Crippen LogP contribution in [0.1, 0.15) is 16.5 Å². The van der Waals surface area contributed by atoms with Crippen LogP contribution in [-0.2, 0) is 6.42 Å². The van der Waals surface area contributed by atoms with E-state index in [1.54, 1.807) is 17.4 Å². The van der Waals surface area contributed by atoms with E-state index in [2.05, 4.69) is 15.1 Å². The first-order valence-corrected chi connectivity index (χ1v) is 6.79. The van der Waals surface area contributed by atoms with E-state index in [1.165, 1.54) is 12.1 Å². The van der Waals surface area contributed by atoms with E-state index in [0.29, 0.717) is 17.8 Å². The molecule has 20 heavy (non-hydrogen) atoms. The summed E-state index contributed by atoms with van der Waals surface area (Å²) < 4.78 is 18.5. The third-order valence-corrected chi connectivity index (χ3v) is 3.66. The molecule has 3 rings (SSSR count). The molecule has 2 heterocycles. The molecule has 0 unspecified atom stereocenters. The van der Waals surface area contributed by atoms with Gasteiger partial charge in [-0.15, -0.1) is 11.3 Å². The molecule has 0 radical (unpaired) electrons. The van der Waals surface area contributed by atoms with Gasteiger partial charge in [-0.1, -0.05) is 5.16 Å². The number of hydrogen-bond donors (Lipinski definition) is 1. The molecule has 0 aliphatic heterocycles. The first kappa shape index (κ1) is 12.7. The van der Waals surface area contributed by atoms with Crippen molar-refractivity contribution in [2.75, 3.05) is 5.73 Å². The van der Waals surface area contributed by atoms with Crippen LogP contribution in [0, 0.1) is 12.7 Å². The van der Waals surface area contributed by atoms with Gasteiger partial charge in [-0.3, -0.25) is 0 Å². The molecule has 0 saturated heterocycles. The summed E-state index contributed by atoms with van der Waals surface area (Å²) in [6.07, 6.45) is 0.499. The number of hydrogen-bond acceptors (Lipinski definition) is 6. The second kappa shape index (κ2) is 5.01. The van der Waals surface area contributed by atoms with Crippen molar-refractivity contribution in [3.05, 3.63) is 45.9 Å². The summed E-state index contributed by atoms with van der Waals surface area (Å²) in [6, 6.07) is 4.39. The summed E-state index contributed by atoms with van der Waals surface area (Å²) in [5.41, 5.74) is 6.99. The quantitative estimate of drug-likeness (QED) is 0.750. The minimum atomic E-state index is -0.502. The first-order chi connectivity index (χ1) is 9.61. The van der Waals surface area contributed by atoms with Crippen LogP contribution in [0.4, 0.5) is 10.1 Å². The Morgan fingerprint density at radius 1 is 1.35 bits per heavy atom. The Kier molecular flexibility index (Phi) is 3.19. The number of anilines is 1. The zero-order valence-corrected chi connectivity index (χ0v) is 11.4. The van der Waals surface area contributed by atoms with Crippen LogP contribution in [0.25, 0.3) is 11.5 Å². The van der Waals surface area contributed by atoms with Gasteiger partial charge in [0.1, 0.15) is 10.8 Å². The predicted octanol–water partition coefficient (Wildman–Crippen LogP) is 2.81. The lowest BCUT2D eigenvalue weighted by atomic mass is 10.2. The second-order valence-electron chi connectivity index (χ2n) is 4.31. The number of halogens is 1. The molecule has 0 amide bonds. The Balaban J connectivity index is 1.84. The number of nitrogen functional groups attached to an aromatic ring is 1. The van der Waals surface area contributed by atoms with Crippen molar-refractivity contribution in [3.63, 3.8) is 0 Å². The van der Waals surface area contributed by atoms with Gasteiger partial charge in [0.15, 0.2) is 5.82 Å². The van der Waals surface area contributed by atoms with Gasteiger partial charge in [-0.2, -0.15) is 4.98 Å². The molecule has 0 spiro atoms. The van der Waals surface area contributed by atoms with E-state index in [9.17, 15) is 4.39 Å². The maximum atomic E-state index is 13.4. The summed E-state index contributed by atoms with van der Waals surface area (Å²) in [4.78, 5) is 8.57. The molecule has 2 N–H and O–H groups in total. The molecule has 2 aromatic heterocycles. The van der Waals surface area contributed by atoms with Crippen molar-refractivity contribution in [3.8, 4) is 11.5 Å². The molecular weight excluding hydrogens is 279 g/mol. The largest absolute Gasteiger partial charge is 0.396 e. The van der Waals surface area contributed by atoms with Gasteiger partial charge >= 0.3 is 0 Å². The van der Waals surface area contributed by atoms with Crippen LogP contribution in [-0.4, -0.2) is 15.1 Å². The highest BCUT2D eigenvalue weighted by molar-refractivity contribution is 7.09. The number of thiazole rings is 1. The fraction of sp³-hybridized carbons (Fsp3) is 0.154. The normalized spacial score (nSPS) is 10.9. The molecule has 0 fully saturated rings. The van der Waals surface area contributed by atoms with Crippen LogP contribution in [0.15, 0.2) is 28.1 Å². The minimum absolute atomic E-state index is 0.0896. The van der Waals surface area contributed by atoms with Gasteiger partial charge in [-0.25, -0.2) is 9.37 Å². The summed E-state index contributed by atoms with van der Waals surface area (Å²) in [6.45, 7) is 1.93. The van der Waals surface area contributed by atoms with Crippen molar-refractivity contribution in [2.45, 2.75) is 13.3 Å². The third kappa shape index (κ3) is 2.53. The van der Waals surface area contributed by atoms with E-state index in [4.69, 9.17) is 10.3 Å². The Bertz CT molecular complexity index is 752. The summed E-state index contributed by atoms with van der Waals surface area (Å²) >= 11 is 1.54. The van der Waals surface area contributed by atoms with E-state index in [0.717, 1.165) is 10.7 Å². The number of aryl methyl sites for hydroxylation is 1. The lowest BCUT2D eigenvalue weighted by Gasteiger charge is -1.97. The average Bonchev–Trinajstić information content (AvgIpc) is 3.03. The van der Waals surface area contributed by atoms with E-state index in [1.807, 2.05) is 12.3 Å². The molecule has 0 aliphatic rings. The van der Waals surface area contributed by atoms with Gasteiger partial charge in [-0.05, 0) is 25.1 Å². The second-order valence-corrected chi connectivity index (χ2v) is 5.25. The molecule has 0 bridgehead atoms. The topological polar surface area (TPSA) is 77.8 Å². The lowest BCUT2D eigenvalue weighted by Crippen LogP contribution is -1.92. The summed E-state index contributed by atoms with van der Waals surface area (Å²) in [5, 5.41) is 6.76. The van der Waals surface area contributed by atoms with Crippen molar-refractivity contribution in [2.24, 2.45) is 0 Å². The SMILES string of the molecule is Cc1csc(Cc2noc(-c3ccc(N)c(F)c3)n2)n1. The third-order valence-electron chi connectivity index (χ3n) is 2.69. The Hall–Kier alpha value is -2.28. The van der Waals surface area contributed by atoms with Gasteiger partial charge in [0.05, 0.1) is 12.1 Å². The van der Waals surface area contributed by atoms with E-state index < -0.39 is 5.82 Å². The summed E-state index contributed by atoms with van der Waals surface area (Å²) in [7, 11) is 0. The molecule has 3 aromatic rings. The Morgan fingerprint density at radius 3 is 2.90 bits per heavy atom. The van der Waals surface area contributed by atoms with Crippen LogP contribution in [0.3, 0.4) is 0 Å². The number of nitrogens with two attached hydrogens (primary N) is 1. The maximum Gasteiger partial charge on any atom is 0.258 e. The Morgan fingerprint density at radius 2 is 2.20 bits per heavy atom. The molecule has 1 aromatic carbocycles.